The zero-order valence-corrected chi connectivity index (χ0v) is 8.91. The first-order chi connectivity index (χ1) is 6.88. The van der Waals surface area contributed by atoms with Crippen LogP contribution in [0.5, 0.6) is 0 Å². The summed E-state index contributed by atoms with van der Waals surface area (Å²) in [5.74, 6) is 1.18. The van der Waals surface area contributed by atoms with Crippen LogP contribution >= 0.6 is 11.8 Å². The van der Waals surface area contributed by atoms with Crippen molar-refractivity contribution in [3.63, 3.8) is 0 Å². The molecule has 0 saturated carbocycles. The zero-order valence-electron chi connectivity index (χ0n) is 8.10. The minimum absolute atomic E-state index is 0.339. The van der Waals surface area contributed by atoms with Gasteiger partial charge in [0.15, 0.2) is 0 Å². The summed E-state index contributed by atoms with van der Waals surface area (Å²) in [4.78, 5) is 4.03. The maximum Gasteiger partial charge on any atom is 0.0923 e. The molecule has 1 aromatic rings. The quantitative estimate of drug-likeness (QED) is 0.812. The Bertz CT molecular complexity index is 272. The van der Waals surface area contributed by atoms with Crippen LogP contribution in [0.2, 0.25) is 0 Å². The molecule has 1 aliphatic rings. The summed E-state index contributed by atoms with van der Waals surface area (Å²) in [5.41, 5.74) is 0.951. The lowest BCUT2D eigenvalue weighted by Crippen LogP contribution is -2.18. The number of aromatic nitrogens is 1. The van der Waals surface area contributed by atoms with E-state index in [4.69, 9.17) is 0 Å². The average molecular weight is 209 g/mol. The van der Waals surface area contributed by atoms with Gasteiger partial charge in [-0.1, -0.05) is 12.5 Å². The summed E-state index contributed by atoms with van der Waals surface area (Å²) in [6.45, 7) is 0. The van der Waals surface area contributed by atoms with Crippen molar-refractivity contribution in [2.24, 2.45) is 0 Å². The van der Waals surface area contributed by atoms with Gasteiger partial charge < -0.3 is 5.11 Å². The number of thioether (sulfide) groups is 1. The molecular formula is C11H15NOS. The highest BCUT2D eigenvalue weighted by atomic mass is 32.2. The molecule has 1 fully saturated rings. The van der Waals surface area contributed by atoms with Gasteiger partial charge in [0.05, 0.1) is 6.10 Å². The second kappa shape index (κ2) is 4.80. The molecule has 1 aliphatic heterocycles. The minimum atomic E-state index is -0.339. The first-order valence-electron chi connectivity index (χ1n) is 5.07. The van der Waals surface area contributed by atoms with E-state index < -0.39 is 0 Å². The second-order valence-electron chi connectivity index (χ2n) is 3.64. The Morgan fingerprint density at radius 1 is 1.50 bits per heavy atom. The van der Waals surface area contributed by atoms with E-state index in [-0.39, 0.29) is 6.10 Å². The Labute approximate surface area is 88.8 Å². The van der Waals surface area contributed by atoms with E-state index in [1.54, 1.807) is 12.4 Å². The molecule has 3 heteroatoms. The summed E-state index contributed by atoms with van der Waals surface area (Å²) >= 11 is 1.89. The van der Waals surface area contributed by atoms with Gasteiger partial charge in [-0.05, 0) is 30.2 Å². The number of pyridine rings is 1. The normalized spacial score (nSPS) is 24.5. The first-order valence-corrected chi connectivity index (χ1v) is 6.12. The van der Waals surface area contributed by atoms with Crippen LogP contribution < -0.4 is 0 Å². The summed E-state index contributed by atoms with van der Waals surface area (Å²) < 4.78 is 0. The van der Waals surface area contributed by atoms with Crippen molar-refractivity contribution in [1.82, 2.24) is 4.98 Å². The lowest BCUT2D eigenvalue weighted by atomic mass is 10.0. The molecule has 0 aromatic carbocycles. The Morgan fingerprint density at radius 2 is 2.43 bits per heavy atom. The average Bonchev–Trinajstić information content (AvgIpc) is 2.30. The maximum atomic E-state index is 10.1. The molecule has 2 rings (SSSR count). The van der Waals surface area contributed by atoms with Crippen LogP contribution in [0, 0.1) is 0 Å². The van der Waals surface area contributed by atoms with Gasteiger partial charge >= 0.3 is 0 Å². The number of rotatable bonds is 2. The largest absolute Gasteiger partial charge is 0.387 e. The van der Waals surface area contributed by atoms with Crippen molar-refractivity contribution in [1.29, 1.82) is 0 Å². The Hall–Kier alpha value is -0.540. The van der Waals surface area contributed by atoms with E-state index in [2.05, 4.69) is 4.98 Å². The van der Waals surface area contributed by atoms with Crippen LogP contribution in [0.25, 0.3) is 0 Å². The number of aliphatic hydroxyl groups is 1. The van der Waals surface area contributed by atoms with E-state index in [1.807, 2.05) is 23.9 Å². The standard InChI is InChI=1S/C11H15NOS/c13-11(9-4-3-6-12-8-9)10-5-1-2-7-14-10/h3-4,6,8,10-11,13H,1-2,5,7H2. The van der Waals surface area contributed by atoms with Crippen LogP contribution in [0.1, 0.15) is 30.9 Å². The highest BCUT2D eigenvalue weighted by Crippen LogP contribution is 2.34. The third kappa shape index (κ3) is 2.28. The Balaban J connectivity index is 2.03. The molecule has 2 heterocycles. The first kappa shape index (κ1) is 9.99. The van der Waals surface area contributed by atoms with E-state index in [9.17, 15) is 5.11 Å². The van der Waals surface area contributed by atoms with Crippen molar-refractivity contribution < 1.29 is 5.11 Å². The van der Waals surface area contributed by atoms with E-state index in [1.165, 1.54) is 18.6 Å². The van der Waals surface area contributed by atoms with Crippen molar-refractivity contribution >= 4 is 11.8 Å². The summed E-state index contributed by atoms with van der Waals surface area (Å²) in [6, 6.07) is 3.83. The molecular weight excluding hydrogens is 194 g/mol. The molecule has 2 unspecified atom stereocenters. The van der Waals surface area contributed by atoms with E-state index >= 15 is 0 Å². The summed E-state index contributed by atoms with van der Waals surface area (Å²) in [7, 11) is 0. The second-order valence-corrected chi connectivity index (χ2v) is 4.98. The fourth-order valence-corrected chi connectivity index (χ4v) is 3.13. The van der Waals surface area contributed by atoms with Crippen LogP contribution in [0.15, 0.2) is 24.5 Å². The minimum Gasteiger partial charge on any atom is -0.387 e. The van der Waals surface area contributed by atoms with Gasteiger partial charge in [-0.2, -0.15) is 11.8 Å². The van der Waals surface area contributed by atoms with Gasteiger partial charge in [-0.25, -0.2) is 0 Å². The zero-order chi connectivity index (χ0) is 9.80. The highest BCUT2D eigenvalue weighted by Gasteiger charge is 2.23. The van der Waals surface area contributed by atoms with Crippen LogP contribution in [0.3, 0.4) is 0 Å². The molecule has 76 valence electrons. The molecule has 14 heavy (non-hydrogen) atoms. The SMILES string of the molecule is OC(c1cccnc1)C1CCCCS1. The molecule has 0 radical (unpaired) electrons. The predicted molar refractivity (Wildman–Crippen MR) is 59.3 cm³/mol. The highest BCUT2D eigenvalue weighted by molar-refractivity contribution is 7.99. The van der Waals surface area contributed by atoms with Crippen LogP contribution in [-0.4, -0.2) is 21.1 Å². The van der Waals surface area contributed by atoms with E-state index in [0.717, 1.165) is 12.0 Å². The Morgan fingerprint density at radius 3 is 3.07 bits per heavy atom. The molecule has 2 atom stereocenters. The molecule has 1 saturated heterocycles. The molecule has 0 aliphatic carbocycles. The molecule has 0 spiro atoms. The fourth-order valence-electron chi connectivity index (χ4n) is 1.78. The lowest BCUT2D eigenvalue weighted by Gasteiger charge is -2.26. The van der Waals surface area contributed by atoms with Gasteiger partial charge in [0, 0.05) is 17.6 Å². The topological polar surface area (TPSA) is 33.1 Å². The van der Waals surface area contributed by atoms with Crippen molar-refractivity contribution in [2.45, 2.75) is 30.6 Å². The molecule has 1 aromatic heterocycles. The third-order valence-corrected chi connectivity index (χ3v) is 4.04. The number of nitrogens with zero attached hydrogens (tertiary/aromatic N) is 1. The van der Waals surface area contributed by atoms with E-state index in [0.29, 0.717) is 5.25 Å². The number of hydrogen-bond acceptors (Lipinski definition) is 3. The summed E-state index contributed by atoms with van der Waals surface area (Å²) in [5, 5.41) is 10.5. The smallest absolute Gasteiger partial charge is 0.0923 e. The molecule has 0 amide bonds. The fraction of sp³-hybridized carbons (Fsp3) is 0.545. The maximum absolute atomic E-state index is 10.1. The van der Waals surface area contributed by atoms with Crippen LogP contribution in [0.4, 0.5) is 0 Å². The van der Waals surface area contributed by atoms with Crippen molar-refractivity contribution in [3.8, 4) is 0 Å². The number of aliphatic hydroxyl groups excluding tert-OH is 1. The van der Waals surface area contributed by atoms with Crippen LogP contribution in [-0.2, 0) is 0 Å². The van der Waals surface area contributed by atoms with Gasteiger partial charge in [0.1, 0.15) is 0 Å². The predicted octanol–water partition coefficient (Wildman–Crippen LogP) is 2.40. The van der Waals surface area contributed by atoms with Gasteiger partial charge in [-0.15, -0.1) is 0 Å². The third-order valence-electron chi connectivity index (χ3n) is 2.59. The van der Waals surface area contributed by atoms with Gasteiger partial charge in [-0.3, -0.25) is 4.98 Å². The molecule has 0 bridgehead atoms. The van der Waals surface area contributed by atoms with Gasteiger partial charge in [0.2, 0.25) is 0 Å². The van der Waals surface area contributed by atoms with Crippen molar-refractivity contribution in [3.05, 3.63) is 30.1 Å². The monoisotopic (exact) mass is 209 g/mol. The number of hydrogen-bond donors (Lipinski definition) is 1. The molecule has 1 N–H and O–H groups in total. The molecule has 2 nitrogen and oxygen atoms in total. The van der Waals surface area contributed by atoms with Gasteiger partial charge in [0.25, 0.3) is 0 Å². The lowest BCUT2D eigenvalue weighted by molar-refractivity contribution is 0.168. The Kier molecular flexibility index (Phi) is 3.43. The van der Waals surface area contributed by atoms with Crippen molar-refractivity contribution in [2.75, 3.05) is 5.75 Å². The summed E-state index contributed by atoms with van der Waals surface area (Å²) in [6.07, 6.45) is 6.83.